The molecule has 6 nitrogen and oxygen atoms in total. The number of ether oxygens (including phenoxy) is 1. The molecule has 2 aliphatic rings. The number of rotatable bonds is 7. The van der Waals surface area contributed by atoms with E-state index < -0.39 is 0 Å². The fourth-order valence-electron chi connectivity index (χ4n) is 5.77. The Morgan fingerprint density at radius 1 is 1.16 bits per heavy atom. The van der Waals surface area contributed by atoms with Crippen LogP contribution in [-0.4, -0.2) is 60.8 Å². The monoisotopic (exact) mass is 442 g/mol. The molecule has 0 bridgehead atoms. The Morgan fingerprint density at radius 3 is 2.72 bits per heavy atom. The molecule has 32 heavy (non-hydrogen) atoms. The SMILES string of the molecule is COCCN(Cc1c(C)cc2oc(=O)c(C)c(C)c2c1O)C[C@@H]1CCCN2CCCC[C@H]12. The summed E-state index contributed by atoms with van der Waals surface area (Å²) in [6.07, 6.45) is 6.52. The van der Waals surface area contributed by atoms with Crippen molar-refractivity contribution in [1.29, 1.82) is 0 Å². The standard InChI is InChI=1S/C26H38N2O4/c1-17-14-23-24(18(2)19(3)26(30)32-23)25(29)21(17)16-27(12-13-31-4)15-20-8-7-11-28-10-6-5-9-22(20)28/h14,20,22,29H,5-13,15-16H2,1-4H3/t20-,22+/m0/s1. The zero-order valence-electron chi connectivity index (χ0n) is 20.1. The van der Waals surface area contributed by atoms with Crippen LogP contribution in [0, 0.1) is 26.7 Å². The first-order valence-electron chi connectivity index (χ1n) is 12.1. The maximum absolute atomic E-state index is 12.1. The lowest BCUT2D eigenvalue weighted by atomic mass is 9.83. The third-order valence-electron chi connectivity index (χ3n) is 7.75. The van der Waals surface area contributed by atoms with Crippen molar-refractivity contribution in [3.05, 3.63) is 38.7 Å². The summed E-state index contributed by atoms with van der Waals surface area (Å²) < 4.78 is 10.9. The van der Waals surface area contributed by atoms with E-state index in [0.29, 0.717) is 41.6 Å². The lowest BCUT2D eigenvalue weighted by Crippen LogP contribution is -2.51. The van der Waals surface area contributed by atoms with E-state index in [1.54, 1.807) is 14.0 Å². The quantitative estimate of drug-likeness (QED) is 0.650. The van der Waals surface area contributed by atoms with Gasteiger partial charge in [0.1, 0.15) is 11.3 Å². The number of methoxy groups -OCH3 is 1. The predicted octanol–water partition coefficient (Wildman–Crippen LogP) is 4.14. The molecule has 0 aliphatic carbocycles. The molecule has 1 N–H and O–H groups in total. The minimum absolute atomic E-state index is 0.245. The highest BCUT2D eigenvalue weighted by Crippen LogP contribution is 2.36. The molecule has 2 saturated heterocycles. The molecule has 2 atom stereocenters. The van der Waals surface area contributed by atoms with Gasteiger partial charge in [-0.05, 0) is 82.7 Å². The van der Waals surface area contributed by atoms with Crippen molar-refractivity contribution in [2.45, 2.75) is 65.5 Å². The van der Waals surface area contributed by atoms with Gasteiger partial charge >= 0.3 is 5.63 Å². The Bertz CT molecular complexity index is 1010. The maximum atomic E-state index is 12.1. The molecule has 1 aromatic heterocycles. The minimum Gasteiger partial charge on any atom is -0.507 e. The fraction of sp³-hybridized carbons (Fsp3) is 0.654. The lowest BCUT2D eigenvalue weighted by molar-refractivity contribution is 0.0335. The van der Waals surface area contributed by atoms with Crippen molar-refractivity contribution in [3.8, 4) is 5.75 Å². The molecule has 0 amide bonds. The van der Waals surface area contributed by atoms with Crippen LogP contribution in [0.25, 0.3) is 11.0 Å². The smallest absolute Gasteiger partial charge is 0.339 e. The van der Waals surface area contributed by atoms with E-state index in [-0.39, 0.29) is 11.4 Å². The number of nitrogens with zero attached hydrogens (tertiary/aromatic N) is 2. The van der Waals surface area contributed by atoms with Gasteiger partial charge in [-0.2, -0.15) is 0 Å². The van der Waals surface area contributed by atoms with E-state index in [2.05, 4.69) is 9.80 Å². The van der Waals surface area contributed by atoms with Crippen molar-refractivity contribution < 1.29 is 14.3 Å². The molecule has 176 valence electrons. The van der Waals surface area contributed by atoms with Gasteiger partial charge in [-0.3, -0.25) is 4.90 Å². The van der Waals surface area contributed by atoms with Gasteiger partial charge in [-0.15, -0.1) is 0 Å². The van der Waals surface area contributed by atoms with Gasteiger partial charge in [0, 0.05) is 43.9 Å². The van der Waals surface area contributed by atoms with Crippen molar-refractivity contribution in [2.24, 2.45) is 5.92 Å². The summed E-state index contributed by atoms with van der Waals surface area (Å²) >= 11 is 0. The maximum Gasteiger partial charge on any atom is 0.339 e. The molecular formula is C26H38N2O4. The number of hydrogen-bond donors (Lipinski definition) is 1. The van der Waals surface area contributed by atoms with E-state index in [1.165, 1.54) is 45.2 Å². The topological polar surface area (TPSA) is 66.1 Å². The van der Waals surface area contributed by atoms with Crippen molar-refractivity contribution >= 4 is 11.0 Å². The second-order valence-electron chi connectivity index (χ2n) is 9.76. The van der Waals surface area contributed by atoms with Crippen LogP contribution in [0.4, 0.5) is 0 Å². The number of phenolic OH excluding ortho intramolecular Hbond substituents is 1. The number of aryl methyl sites for hydroxylation is 2. The average Bonchev–Trinajstić information content (AvgIpc) is 2.78. The lowest BCUT2D eigenvalue weighted by Gasteiger charge is -2.45. The highest BCUT2D eigenvalue weighted by Gasteiger charge is 2.34. The number of benzene rings is 1. The first-order valence-corrected chi connectivity index (χ1v) is 12.1. The van der Waals surface area contributed by atoms with Gasteiger partial charge < -0.3 is 19.2 Å². The number of fused-ring (bicyclic) bond motifs is 2. The Labute approximate surface area is 191 Å². The third-order valence-corrected chi connectivity index (χ3v) is 7.75. The molecule has 2 fully saturated rings. The molecular weight excluding hydrogens is 404 g/mol. The van der Waals surface area contributed by atoms with Crippen molar-refractivity contribution in [3.63, 3.8) is 0 Å². The Balaban J connectivity index is 1.63. The summed E-state index contributed by atoms with van der Waals surface area (Å²) in [5.41, 5.74) is 3.35. The molecule has 2 aromatic rings. The van der Waals surface area contributed by atoms with Crippen LogP contribution in [0.15, 0.2) is 15.3 Å². The fourth-order valence-corrected chi connectivity index (χ4v) is 5.77. The van der Waals surface area contributed by atoms with Crippen LogP contribution in [0.2, 0.25) is 0 Å². The Morgan fingerprint density at radius 2 is 1.94 bits per heavy atom. The van der Waals surface area contributed by atoms with Crippen molar-refractivity contribution in [2.75, 3.05) is 39.9 Å². The zero-order valence-corrected chi connectivity index (χ0v) is 20.1. The normalized spacial score (nSPS) is 21.9. The molecule has 1 aromatic carbocycles. The molecule has 6 heteroatoms. The van der Waals surface area contributed by atoms with Gasteiger partial charge in [0.05, 0.1) is 12.0 Å². The molecule has 4 rings (SSSR count). The molecule has 3 heterocycles. The predicted molar refractivity (Wildman–Crippen MR) is 127 cm³/mol. The summed E-state index contributed by atoms with van der Waals surface area (Å²) in [6.45, 7) is 11.3. The average molecular weight is 443 g/mol. The number of piperidine rings is 2. The third kappa shape index (κ3) is 4.59. The van der Waals surface area contributed by atoms with Gasteiger partial charge in [-0.25, -0.2) is 4.79 Å². The van der Waals surface area contributed by atoms with E-state index in [4.69, 9.17) is 9.15 Å². The second kappa shape index (κ2) is 9.94. The van der Waals surface area contributed by atoms with Gasteiger partial charge in [-0.1, -0.05) is 6.42 Å². The van der Waals surface area contributed by atoms with Crippen LogP contribution >= 0.6 is 0 Å². The first-order chi connectivity index (χ1) is 15.4. The second-order valence-corrected chi connectivity index (χ2v) is 9.76. The van der Waals surface area contributed by atoms with Gasteiger partial charge in [0.25, 0.3) is 0 Å². The van der Waals surface area contributed by atoms with Crippen LogP contribution in [-0.2, 0) is 11.3 Å². The number of aromatic hydroxyl groups is 1. The van der Waals surface area contributed by atoms with E-state index in [0.717, 1.165) is 29.8 Å². The van der Waals surface area contributed by atoms with Crippen LogP contribution in [0.3, 0.4) is 0 Å². The Kier molecular flexibility index (Phi) is 7.23. The van der Waals surface area contributed by atoms with E-state index in [9.17, 15) is 9.90 Å². The molecule has 0 radical (unpaired) electrons. The van der Waals surface area contributed by atoms with Crippen molar-refractivity contribution in [1.82, 2.24) is 9.80 Å². The number of hydrogen-bond acceptors (Lipinski definition) is 6. The zero-order chi connectivity index (χ0) is 22.8. The molecule has 2 aliphatic heterocycles. The summed E-state index contributed by atoms with van der Waals surface area (Å²) in [7, 11) is 1.74. The van der Waals surface area contributed by atoms with Crippen LogP contribution in [0.5, 0.6) is 5.75 Å². The van der Waals surface area contributed by atoms with Crippen LogP contribution in [0.1, 0.15) is 54.4 Å². The van der Waals surface area contributed by atoms with Crippen LogP contribution < -0.4 is 5.63 Å². The summed E-state index contributed by atoms with van der Waals surface area (Å²) in [5.74, 6) is 0.903. The van der Waals surface area contributed by atoms with E-state index in [1.807, 2.05) is 19.9 Å². The summed E-state index contributed by atoms with van der Waals surface area (Å²) in [6, 6.07) is 2.59. The van der Waals surface area contributed by atoms with Gasteiger partial charge in [0.2, 0.25) is 0 Å². The number of phenols is 1. The highest BCUT2D eigenvalue weighted by molar-refractivity contribution is 5.89. The largest absolute Gasteiger partial charge is 0.507 e. The molecule has 0 saturated carbocycles. The first kappa shape index (κ1) is 23.3. The molecule has 0 spiro atoms. The summed E-state index contributed by atoms with van der Waals surface area (Å²) in [4.78, 5) is 17.3. The summed E-state index contributed by atoms with van der Waals surface area (Å²) in [5, 5.41) is 11.9. The van der Waals surface area contributed by atoms with E-state index >= 15 is 0 Å². The highest BCUT2D eigenvalue weighted by atomic mass is 16.5. The molecule has 0 unspecified atom stereocenters. The Hall–Kier alpha value is -1.89. The minimum atomic E-state index is -0.336. The van der Waals surface area contributed by atoms with Gasteiger partial charge in [0.15, 0.2) is 0 Å².